The fourth-order valence-electron chi connectivity index (χ4n) is 4.80. The van der Waals surface area contributed by atoms with Crippen LogP contribution in [0, 0.1) is 0 Å². The lowest BCUT2D eigenvalue weighted by Crippen LogP contribution is -2.54. The average molecular weight is 474 g/mol. The minimum Gasteiger partial charge on any atom is -0.491 e. The van der Waals surface area contributed by atoms with E-state index in [4.69, 9.17) is 9.47 Å². The van der Waals surface area contributed by atoms with E-state index in [1.807, 2.05) is 13.0 Å². The maximum Gasteiger partial charge on any atom is 0.416 e. The second kappa shape index (κ2) is 8.09. The number of hydrogen-bond donors (Lipinski definition) is 1. The first-order chi connectivity index (χ1) is 16.4. The van der Waals surface area contributed by atoms with Crippen molar-refractivity contribution in [2.24, 2.45) is 0 Å². The molecule has 3 aromatic rings. The first-order valence-corrected chi connectivity index (χ1v) is 11.5. The Kier molecular flexibility index (Phi) is 5.14. The summed E-state index contributed by atoms with van der Waals surface area (Å²) >= 11 is 0. The first kappa shape index (κ1) is 21.6. The van der Waals surface area contributed by atoms with Crippen LogP contribution in [0.3, 0.4) is 0 Å². The summed E-state index contributed by atoms with van der Waals surface area (Å²) in [7, 11) is 0. The molecule has 1 saturated carbocycles. The van der Waals surface area contributed by atoms with E-state index in [9.17, 15) is 13.2 Å². The van der Waals surface area contributed by atoms with Crippen LogP contribution >= 0.6 is 0 Å². The molecule has 1 aromatic carbocycles. The summed E-state index contributed by atoms with van der Waals surface area (Å²) in [6, 6.07) is 5.10. The Morgan fingerprint density at radius 3 is 2.79 bits per heavy atom. The number of aromatic nitrogens is 4. The summed E-state index contributed by atoms with van der Waals surface area (Å²) in [6.45, 7) is 4.30. The van der Waals surface area contributed by atoms with Crippen LogP contribution in [0.5, 0.6) is 5.75 Å². The number of benzene rings is 1. The van der Waals surface area contributed by atoms with Crippen LogP contribution in [0.15, 0.2) is 30.5 Å². The van der Waals surface area contributed by atoms with E-state index in [-0.39, 0.29) is 30.5 Å². The van der Waals surface area contributed by atoms with Gasteiger partial charge < -0.3 is 14.8 Å². The molecule has 0 bridgehead atoms. The fourth-order valence-corrected chi connectivity index (χ4v) is 4.80. The zero-order chi connectivity index (χ0) is 23.4. The van der Waals surface area contributed by atoms with Gasteiger partial charge in [0.05, 0.1) is 30.4 Å². The molecule has 0 amide bonds. The third-order valence-electron chi connectivity index (χ3n) is 6.71. The number of nitrogens with zero attached hydrogens (tertiary/aromatic N) is 5. The van der Waals surface area contributed by atoms with Gasteiger partial charge in [0.1, 0.15) is 18.2 Å². The van der Waals surface area contributed by atoms with Crippen LogP contribution in [0.1, 0.15) is 48.7 Å². The molecule has 2 aromatic heterocycles. The molecule has 11 heteroatoms. The summed E-state index contributed by atoms with van der Waals surface area (Å²) in [6.07, 6.45) is -0.554. The number of nitrogens with one attached hydrogen (secondary N) is 1. The summed E-state index contributed by atoms with van der Waals surface area (Å²) < 4.78 is 53.3. The van der Waals surface area contributed by atoms with Gasteiger partial charge in [0.15, 0.2) is 5.82 Å². The molecule has 1 aliphatic carbocycles. The fraction of sp³-hybridized carbons (Fsp3) is 0.522. The number of alkyl halides is 3. The van der Waals surface area contributed by atoms with E-state index in [0.29, 0.717) is 42.8 Å². The molecule has 4 heterocycles. The molecular weight excluding hydrogens is 449 g/mol. The van der Waals surface area contributed by atoms with Gasteiger partial charge in [-0.1, -0.05) is 6.07 Å². The van der Waals surface area contributed by atoms with Crippen molar-refractivity contribution in [3.05, 3.63) is 47.4 Å². The van der Waals surface area contributed by atoms with Crippen molar-refractivity contribution >= 4 is 11.6 Å². The molecule has 8 nitrogen and oxygen atoms in total. The minimum atomic E-state index is -4.44. The number of fused-ring (bicyclic) bond motifs is 2. The number of rotatable bonds is 4. The highest BCUT2D eigenvalue weighted by Gasteiger charge is 2.39. The van der Waals surface area contributed by atoms with Crippen molar-refractivity contribution in [1.82, 2.24) is 24.5 Å². The Morgan fingerprint density at radius 1 is 1.18 bits per heavy atom. The van der Waals surface area contributed by atoms with Crippen LogP contribution in [0.25, 0.3) is 5.78 Å². The lowest BCUT2D eigenvalue weighted by molar-refractivity contribution is -0.137. The van der Waals surface area contributed by atoms with Crippen LogP contribution in [-0.2, 0) is 10.9 Å². The molecule has 1 N–H and O–H groups in total. The average Bonchev–Trinajstić information content (AvgIpc) is 3.57. The third-order valence-corrected chi connectivity index (χ3v) is 6.71. The molecule has 2 fully saturated rings. The van der Waals surface area contributed by atoms with Crippen LogP contribution < -0.4 is 10.1 Å². The molecule has 180 valence electrons. The molecule has 3 atom stereocenters. The lowest BCUT2D eigenvalue weighted by atomic mass is 9.93. The SMILES string of the molecule is C[C@@H]1CN([C@H]2COc3cc(C(F)(F)F)ccc3[C@@H]2Nc2ccnc3nc(C4CC4)nn23)CCO1. The number of hydrogen-bond acceptors (Lipinski definition) is 7. The Balaban J connectivity index is 1.39. The smallest absolute Gasteiger partial charge is 0.416 e. The first-order valence-electron chi connectivity index (χ1n) is 11.5. The maximum absolute atomic E-state index is 13.3. The van der Waals surface area contributed by atoms with Gasteiger partial charge in [-0.05, 0) is 38.0 Å². The largest absolute Gasteiger partial charge is 0.491 e. The molecular formula is C23H25F3N6O2. The predicted molar refractivity (Wildman–Crippen MR) is 117 cm³/mol. The van der Waals surface area contributed by atoms with E-state index >= 15 is 0 Å². The van der Waals surface area contributed by atoms with E-state index in [1.165, 1.54) is 6.07 Å². The van der Waals surface area contributed by atoms with E-state index in [1.54, 1.807) is 10.7 Å². The van der Waals surface area contributed by atoms with Gasteiger partial charge in [0.25, 0.3) is 5.78 Å². The zero-order valence-corrected chi connectivity index (χ0v) is 18.6. The minimum absolute atomic E-state index is 0.0625. The number of halogens is 3. The van der Waals surface area contributed by atoms with Gasteiger partial charge in [-0.3, -0.25) is 4.90 Å². The molecule has 6 rings (SSSR count). The third kappa shape index (κ3) is 3.96. The Bertz CT molecular complexity index is 1210. The highest BCUT2D eigenvalue weighted by molar-refractivity contribution is 5.50. The molecule has 3 aliphatic rings. The monoisotopic (exact) mass is 474 g/mol. The summed E-state index contributed by atoms with van der Waals surface area (Å²) in [5.41, 5.74) is -0.0454. The topological polar surface area (TPSA) is 76.8 Å². The van der Waals surface area contributed by atoms with Gasteiger partial charge >= 0.3 is 6.18 Å². The second-order valence-corrected chi connectivity index (χ2v) is 9.21. The molecule has 2 aliphatic heterocycles. The van der Waals surface area contributed by atoms with Crippen LogP contribution in [-0.4, -0.2) is 62.9 Å². The molecule has 0 unspecified atom stereocenters. The van der Waals surface area contributed by atoms with Crippen LogP contribution in [0.2, 0.25) is 0 Å². The van der Waals surface area contributed by atoms with Crippen molar-refractivity contribution < 1.29 is 22.6 Å². The van der Waals surface area contributed by atoms with E-state index < -0.39 is 11.7 Å². The van der Waals surface area contributed by atoms with Gasteiger partial charge in [0.2, 0.25) is 0 Å². The predicted octanol–water partition coefficient (Wildman–Crippen LogP) is 3.66. The van der Waals surface area contributed by atoms with E-state index in [2.05, 4.69) is 25.3 Å². The van der Waals surface area contributed by atoms with E-state index in [0.717, 1.165) is 30.8 Å². The highest BCUT2D eigenvalue weighted by Crippen LogP contribution is 2.41. The number of anilines is 1. The maximum atomic E-state index is 13.3. The Hall–Kier alpha value is -2.92. The van der Waals surface area contributed by atoms with Gasteiger partial charge in [-0.15, -0.1) is 5.10 Å². The molecule has 1 saturated heterocycles. The van der Waals surface area contributed by atoms with Crippen molar-refractivity contribution in [3.8, 4) is 5.75 Å². The quantitative estimate of drug-likeness (QED) is 0.619. The van der Waals surface area contributed by atoms with Crippen molar-refractivity contribution in [3.63, 3.8) is 0 Å². The molecule has 0 spiro atoms. The van der Waals surface area contributed by atoms with Gasteiger partial charge in [-0.25, -0.2) is 4.98 Å². The van der Waals surface area contributed by atoms with Gasteiger partial charge in [0, 0.05) is 30.8 Å². The standard InChI is InChI=1S/C23H25F3N6O2/c1-13-11-31(8-9-33-13)17-12-34-18-10-15(23(24,25)26)4-5-16(18)20(17)28-19-6-7-27-22-29-21(14-2-3-14)30-32(19)22/h4-7,10,13-14,17,20,28H,2-3,8-9,11-12H2,1H3/t13-,17+,20+/m1/s1. The molecule has 34 heavy (non-hydrogen) atoms. The van der Waals surface area contributed by atoms with Gasteiger partial charge in [-0.2, -0.15) is 22.7 Å². The molecule has 0 radical (unpaired) electrons. The second-order valence-electron chi connectivity index (χ2n) is 9.21. The normalized spacial score (nSPS) is 25.7. The van der Waals surface area contributed by atoms with Crippen molar-refractivity contribution in [1.29, 1.82) is 0 Å². The van der Waals surface area contributed by atoms with Crippen molar-refractivity contribution in [2.45, 2.75) is 50.0 Å². The number of ether oxygens (including phenoxy) is 2. The lowest BCUT2D eigenvalue weighted by Gasteiger charge is -2.44. The highest BCUT2D eigenvalue weighted by atomic mass is 19.4. The number of morpholine rings is 1. The van der Waals surface area contributed by atoms with Crippen LogP contribution in [0.4, 0.5) is 19.0 Å². The van der Waals surface area contributed by atoms with Crippen molar-refractivity contribution in [2.75, 3.05) is 31.6 Å². The summed E-state index contributed by atoms with van der Waals surface area (Å²) in [4.78, 5) is 11.2. The summed E-state index contributed by atoms with van der Waals surface area (Å²) in [5.74, 6) is 2.59. The zero-order valence-electron chi connectivity index (χ0n) is 18.6. The Labute approximate surface area is 194 Å². The summed E-state index contributed by atoms with van der Waals surface area (Å²) in [5, 5.41) is 8.21. The Morgan fingerprint density at radius 2 is 2.03 bits per heavy atom.